The molecular formula is C17H27N3O. The van der Waals surface area contributed by atoms with Gasteiger partial charge < -0.3 is 10.6 Å². The Morgan fingerprint density at radius 3 is 2.62 bits per heavy atom. The molecule has 2 rings (SSSR count). The highest BCUT2D eigenvalue weighted by Gasteiger charge is 2.27. The van der Waals surface area contributed by atoms with Gasteiger partial charge in [-0.25, -0.2) is 0 Å². The third kappa shape index (κ3) is 4.55. The number of nitrogens with zero attached hydrogens (tertiary/aromatic N) is 1. The molecule has 0 aliphatic carbocycles. The van der Waals surface area contributed by atoms with E-state index in [4.69, 9.17) is 0 Å². The second-order valence-electron chi connectivity index (χ2n) is 6.22. The molecule has 4 nitrogen and oxygen atoms in total. The van der Waals surface area contributed by atoms with E-state index in [1.165, 1.54) is 11.1 Å². The zero-order chi connectivity index (χ0) is 15.2. The van der Waals surface area contributed by atoms with Gasteiger partial charge in [0.2, 0.25) is 5.91 Å². The maximum Gasteiger partial charge on any atom is 0.238 e. The summed E-state index contributed by atoms with van der Waals surface area (Å²) in [5.41, 5.74) is 2.66. The van der Waals surface area contributed by atoms with Crippen molar-refractivity contribution in [2.75, 3.05) is 26.7 Å². The molecule has 1 atom stereocenters. The van der Waals surface area contributed by atoms with Gasteiger partial charge in [0, 0.05) is 33.2 Å². The number of likely N-dealkylation sites (N-methyl/N-ethyl adjacent to an activating group) is 1. The summed E-state index contributed by atoms with van der Waals surface area (Å²) >= 11 is 0. The molecular weight excluding hydrogens is 262 g/mol. The van der Waals surface area contributed by atoms with Crippen molar-refractivity contribution in [1.82, 2.24) is 15.5 Å². The first-order valence-corrected chi connectivity index (χ1v) is 7.84. The lowest BCUT2D eigenvalue weighted by molar-refractivity contribution is -0.126. The molecule has 0 bridgehead atoms. The van der Waals surface area contributed by atoms with Gasteiger partial charge >= 0.3 is 0 Å². The predicted octanol–water partition coefficient (Wildman–Crippen LogP) is 1.40. The summed E-state index contributed by atoms with van der Waals surface area (Å²) in [6, 6.07) is 8.75. The number of hydrogen-bond acceptors (Lipinski definition) is 3. The topological polar surface area (TPSA) is 44.4 Å². The minimum absolute atomic E-state index is 0.0703. The van der Waals surface area contributed by atoms with Gasteiger partial charge in [-0.15, -0.1) is 0 Å². The van der Waals surface area contributed by atoms with E-state index in [0.29, 0.717) is 5.92 Å². The molecule has 1 aromatic carbocycles. The van der Waals surface area contributed by atoms with Crippen LogP contribution in [0.1, 0.15) is 25.0 Å². The van der Waals surface area contributed by atoms with Crippen LogP contribution in [0.3, 0.4) is 0 Å². The van der Waals surface area contributed by atoms with Gasteiger partial charge in [-0.2, -0.15) is 0 Å². The van der Waals surface area contributed by atoms with E-state index in [1.807, 2.05) is 0 Å². The smallest absolute Gasteiger partial charge is 0.238 e. The molecule has 1 aliphatic rings. The van der Waals surface area contributed by atoms with Gasteiger partial charge in [-0.05, 0) is 23.5 Å². The molecule has 0 saturated carbocycles. The van der Waals surface area contributed by atoms with E-state index in [1.54, 1.807) is 7.05 Å². The average Bonchev–Trinajstić information content (AvgIpc) is 2.48. The molecule has 2 N–H and O–H groups in total. The van der Waals surface area contributed by atoms with Crippen LogP contribution in [0.5, 0.6) is 0 Å². The molecule has 0 aromatic heterocycles. The summed E-state index contributed by atoms with van der Waals surface area (Å²) in [7, 11) is 1.70. The summed E-state index contributed by atoms with van der Waals surface area (Å²) in [6.07, 6.45) is 1.12. The Morgan fingerprint density at radius 1 is 1.33 bits per heavy atom. The van der Waals surface area contributed by atoms with Crippen molar-refractivity contribution < 1.29 is 4.79 Å². The van der Waals surface area contributed by atoms with Crippen LogP contribution in [0.25, 0.3) is 0 Å². The van der Waals surface area contributed by atoms with Gasteiger partial charge in [0.25, 0.3) is 0 Å². The fourth-order valence-corrected chi connectivity index (χ4v) is 2.85. The maximum atomic E-state index is 12.0. The minimum atomic E-state index is -0.0703. The van der Waals surface area contributed by atoms with Crippen LogP contribution in [0.4, 0.5) is 0 Å². The molecule has 0 spiro atoms. The van der Waals surface area contributed by atoms with Crippen molar-refractivity contribution in [3.8, 4) is 0 Å². The number of nitrogens with one attached hydrogen (secondary N) is 2. The normalized spacial score (nSPS) is 19.7. The maximum absolute atomic E-state index is 12.0. The van der Waals surface area contributed by atoms with Crippen LogP contribution in [0.2, 0.25) is 0 Å². The molecule has 1 aliphatic heterocycles. The lowest BCUT2D eigenvalue weighted by Crippen LogP contribution is -2.56. The number of carbonyl (C=O) groups excluding carboxylic acids is 1. The number of benzene rings is 1. The molecule has 0 radical (unpaired) electrons. The lowest BCUT2D eigenvalue weighted by atomic mass is 10.0. The van der Waals surface area contributed by atoms with E-state index in [2.05, 4.69) is 53.6 Å². The van der Waals surface area contributed by atoms with Crippen LogP contribution in [0, 0.1) is 5.92 Å². The van der Waals surface area contributed by atoms with Crippen LogP contribution in [0.15, 0.2) is 24.3 Å². The fraction of sp³-hybridized carbons (Fsp3) is 0.588. The van der Waals surface area contributed by atoms with Gasteiger partial charge in [-0.1, -0.05) is 38.1 Å². The number of piperazine rings is 1. The summed E-state index contributed by atoms with van der Waals surface area (Å²) in [6.45, 7) is 7.89. The van der Waals surface area contributed by atoms with Gasteiger partial charge in [0.05, 0.1) is 0 Å². The third-order valence-electron chi connectivity index (χ3n) is 3.96. The standard InChI is InChI=1S/C17H27N3O/c1-13(2)10-14-4-6-15(7-5-14)12-20-9-8-19-11-16(20)17(21)18-3/h4-7,13,16,19H,8-12H2,1-3H3,(H,18,21). The van der Waals surface area contributed by atoms with Crippen LogP contribution >= 0.6 is 0 Å². The molecule has 1 aromatic rings. The molecule has 1 fully saturated rings. The second kappa shape index (κ2) is 7.57. The number of hydrogen-bond donors (Lipinski definition) is 2. The molecule has 1 amide bonds. The van der Waals surface area contributed by atoms with E-state index in [9.17, 15) is 4.79 Å². The van der Waals surface area contributed by atoms with Gasteiger partial charge in [0.1, 0.15) is 6.04 Å². The Morgan fingerprint density at radius 2 is 2.00 bits per heavy atom. The number of carbonyl (C=O) groups is 1. The summed E-state index contributed by atoms with van der Waals surface area (Å²) in [5, 5.41) is 6.05. The van der Waals surface area contributed by atoms with E-state index in [0.717, 1.165) is 32.6 Å². The van der Waals surface area contributed by atoms with E-state index < -0.39 is 0 Å². The van der Waals surface area contributed by atoms with Crippen molar-refractivity contribution in [3.63, 3.8) is 0 Å². The second-order valence-corrected chi connectivity index (χ2v) is 6.22. The van der Waals surface area contributed by atoms with Crippen molar-refractivity contribution in [1.29, 1.82) is 0 Å². The van der Waals surface area contributed by atoms with E-state index in [-0.39, 0.29) is 11.9 Å². The largest absolute Gasteiger partial charge is 0.358 e. The highest BCUT2D eigenvalue weighted by Crippen LogP contribution is 2.14. The molecule has 21 heavy (non-hydrogen) atoms. The van der Waals surface area contributed by atoms with Gasteiger partial charge in [-0.3, -0.25) is 9.69 Å². The molecule has 116 valence electrons. The average molecular weight is 289 g/mol. The van der Waals surface area contributed by atoms with Crippen LogP contribution in [-0.2, 0) is 17.8 Å². The quantitative estimate of drug-likeness (QED) is 0.861. The Labute approximate surface area is 127 Å². The molecule has 1 unspecified atom stereocenters. The Hall–Kier alpha value is -1.39. The highest BCUT2D eigenvalue weighted by atomic mass is 16.2. The Bertz CT molecular complexity index is 456. The first-order chi connectivity index (χ1) is 10.1. The highest BCUT2D eigenvalue weighted by molar-refractivity contribution is 5.81. The predicted molar refractivity (Wildman–Crippen MR) is 86.1 cm³/mol. The first kappa shape index (κ1) is 16.0. The van der Waals surface area contributed by atoms with Crippen molar-refractivity contribution >= 4 is 5.91 Å². The first-order valence-electron chi connectivity index (χ1n) is 7.84. The third-order valence-corrected chi connectivity index (χ3v) is 3.96. The number of amides is 1. The minimum Gasteiger partial charge on any atom is -0.358 e. The summed E-state index contributed by atoms with van der Waals surface area (Å²) < 4.78 is 0. The lowest BCUT2D eigenvalue weighted by Gasteiger charge is -2.34. The van der Waals surface area contributed by atoms with Crippen LogP contribution in [-0.4, -0.2) is 43.5 Å². The molecule has 1 heterocycles. The summed E-state index contributed by atoms with van der Waals surface area (Å²) in [4.78, 5) is 14.2. The fourth-order valence-electron chi connectivity index (χ4n) is 2.85. The molecule has 1 saturated heterocycles. The zero-order valence-electron chi connectivity index (χ0n) is 13.4. The number of rotatable bonds is 5. The SMILES string of the molecule is CNC(=O)C1CNCCN1Cc1ccc(CC(C)C)cc1. The monoisotopic (exact) mass is 289 g/mol. The van der Waals surface area contributed by atoms with E-state index >= 15 is 0 Å². The zero-order valence-corrected chi connectivity index (χ0v) is 13.4. The van der Waals surface area contributed by atoms with Crippen molar-refractivity contribution in [2.45, 2.75) is 32.9 Å². The van der Waals surface area contributed by atoms with Crippen molar-refractivity contribution in [2.24, 2.45) is 5.92 Å². The van der Waals surface area contributed by atoms with Gasteiger partial charge in [0.15, 0.2) is 0 Å². The van der Waals surface area contributed by atoms with Crippen LogP contribution < -0.4 is 10.6 Å². The Kier molecular flexibility index (Phi) is 5.76. The van der Waals surface area contributed by atoms with Crippen molar-refractivity contribution in [3.05, 3.63) is 35.4 Å². The summed E-state index contributed by atoms with van der Waals surface area (Å²) in [5.74, 6) is 0.778. The Balaban J connectivity index is 2.00. The molecule has 4 heteroatoms.